The van der Waals surface area contributed by atoms with Crippen molar-refractivity contribution in [3.05, 3.63) is 46.6 Å². The highest BCUT2D eigenvalue weighted by Crippen LogP contribution is 2.25. The first kappa shape index (κ1) is 29.8. The Kier molecular flexibility index (Phi) is 14.9. The topological polar surface area (TPSA) is 90.2 Å². The highest BCUT2D eigenvalue weighted by molar-refractivity contribution is 5.30. The lowest BCUT2D eigenvalue weighted by atomic mass is 9.91. The summed E-state index contributed by atoms with van der Waals surface area (Å²) < 4.78 is 5.64. The molecule has 0 heterocycles. The predicted molar refractivity (Wildman–Crippen MR) is 129 cm³/mol. The second-order valence-corrected chi connectivity index (χ2v) is 8.58. The molecule has 31 heavy (non-hydrogen) atoms. The summed E-state index contributed by atoms with van der Waals surface area (Å²) >= 11 is 0. The molecule has 0 aliphatic carbocycles. The number of ether oxygens (including phenoxy) is 1. The number of hydrogen-bond acceptors (Lipinski definition) is 5. The van der Waals surface area contributed by atoms with E-state index in [1.807, 2.05) is 26.0 Å². The lowest BCUT2D eigenvalue weighted by Crippen LogP contribution is -2.45. The molecule has 0 aliphatic heterocycles. The van der Waals surface area contributed by atoms with Crippen LogP contribution in [0.4, 0.5) is 0 Å². The first-order valence-electron chi connectivity index (χ1n) is 11.5. The van der Waals surface area contributed by atoms with Crippen molar-refractivity contribution in [3.63, 3.8) is 0 Å². The summed E-state index contributed by atoms with van der Waals surface area (Å²) in [5, 5.41) is 41.5. The van der Waals surface area contributed by atoms with Gasteiger partial charge in [-0.2, -0.15) is 0 Å². The van der Waals surface area contributed by atoms with Gasteiger partial charge < -0.3 is 25.2 Å². The van der Waals surface area contributed by atoms with Crippen molar-refractivity contribution in [2.24, 2.45) is 0 Å². The Hall–Kier alpha value is -1.24. The summed E-state index contributed by atoms with van der Waals surface area (Å²) in [5.41, 5.74) is -0.115. The van der Waals surface area contributed by atoms with Crippen molar-refractivity contribution in [3.8, 4) is 0 Å². The summed E-state index contributed by atoms with van der Waals surface area (Å²) in [6.45, 7) is 10.2. The fourth-order valence-corrected chi connectivity index (χ4v) is 3.08. The maximum Gasteiger partial charge on any atom is 0.132 e. The molecule has 0 fully saturated rings. The summed E-state index contributed by atoms with van der Waals surface area (Å²) in [6.07, 6.45) is 14.4. The van der Waals surface area contributed by atoms with Gasteiger partial charge in [0.2, 0.25) is 0 Å². The molecule has 180 valence electrons. The van der Waals surface area contributed by atoms with Crippen molar-refractivity contribution in [2.75, 3.05) is 26.4 Å². The highest BCUT2D eigenvalue weighted by atomic mass is 16.5. The Bertz CT molecular complexity index is 578. The maximum atomic E-state index is 10.9. The third-order valence-corrected chi connectivity index (χ3v) is 5.97. The molecule has 0 spiro atoms. The van der Waals surface area contributed by atoms with Crippen LogP contribution in [0, 0.1) is 0 Å². The van der Waals surface area contributed by atoms with Gasteiger partial charge in [0, 0.05) is 0 Å². The first-order valence-corrected chi connectivity index (χ1v) is 11.5. The van der Waals surface area contributed by atoms with Gasteiger partial charge in [-0.1, -0.05) is 63.8 Å². The minimum atomic E-state index is -1.55. The molecule has 0 aromatic heterocycles. The fourth-order valence-electron chi connectivity index (χ4n) is 3.08. The Morgan fingerprint density at radius 3 is 1.35 bits per heavy atom. The molecule has 2 unspecified atom stereocenters. The van der Waals surface area contributed by atoms with Gasteiger partial charge in [0.25, 0.3) is 0 Å². The third kappa shape index (κ3) is 10.3. The number of aliphatic hydroxyl groups excluding tert-OH is 2. The van der Waals surface area contributed by atoms with Gasteiger partial charge in [0.15, 0.2) is 0 Å². The molecule has 0 saturated heterocycles. The minimum Gasteiger partial charge on any atom is -0.393 e. The number of unbranched alkanes of at least 4 members (excludes halogenated alkanes) is 4. The van der Waals surface area contributed by atoms with Gasteiger partial charge in [-0.15, -0.1) is 0 Å². The second-order valence-electron chi connectivity index (χ2n) is 8.58. The van der Waals surface area contributed by atoms with Crippen LogP contribution in [0.25, 0.3) is 0 Å². The normalized spacial score (nSPS) is 18.1. The molecule has 5 nitrogen and oxygen atoms in total. The maximum absolute atomic E-state index is 10.9. The van der Waals surface area contributed by atoms with Crippen molar-refractivity contribution in [1.29, 1.82) is 0 Å². The Morgan fingerprint density at radius 2 is 1.06 bits per heavy atom. The zero-order valence-corrected chi connectivity index (χ0v) is 20.6. The van der Waals surface area contributed by atoms with Crippen LogP contribution in [0.2, 0.25) is 0 Å². The van der Waals surface area contributed by atoms with Crippen LogP contribution >= 0.6 is 0 Å². The van der Waals surface area contributed by atoms with E-state index in [4.69, 9.17) is 4.74 Å². The highest BCUT2D eigenvalue weighted by Gasteiger charge is 2.34. The summed E-state index contributed by atoms with van der Waals surface area (Å²) in [4.78, 5) is 0. The molecule has 0 rings (SSSR count). The van der Waals surface area contributed by atoms with Gasteiger partial charge in [0.05, 0.1) is 26.4 Å². The molecule has 0 saturated carbocycles. The Labute approximate surface area is 189 Å². The van der Waals surface area contributed by atoms with E-state index in [2.05, 4.69) is 26.0 Å². The fraction of sp³-hybridized carbons (Fsp3) is 0.692. The van der Waals surface area contributed by atoms with Crippen LogP contribution in [0.3, 0.4) is 0 Å². The molecular formula is C26H46O5. The number of aliphatic hydroxyl groups is 4. The average Bonchev–Trinajstić information content (AvgIpc) is 2.77. The molecule has 0 amide bonds. The number of rotatable bonds is 16. The summed E-state index contributed by atoms with van der Waals surface area (Å²) in [6, 6.07) is 0. The molecular weight excluding hydrogens is 392 g/mol. The van der Waals surface area contributed by atoms with E-state index in [0.29, 0.717) is 11.1 Å². The molecule has 0 bridgehead atoms. The van der Waals surface area contributed by atoms with Crippen molar-refractivity contribution >= 4 is 0 Å². The molecule has 2 atom stereocenters. The van der Waals surface area contributed by atoms with Gasteiger partial charge in [-0.05, 0) is 62.8 Å². The second kappa shape index (κ2) is 15.5. The van der Waals surface area contributed by atoms with E-state index < -0.39 is 24.4 Å². The molecule has 0 aromatic carbocycles. The predicted octanol–water partition coefficient (Wildman–Crippen LogP) is 4.62. The SMILES string of the molecule is CCCCC=CC(C)=C(C)C(O)(CO)COCC(O)(CO)C(C)=C(C)C=CCCCC. The zero-order valence-electron chi connectivity index (χ0n) is 20.6. The zero-order chi connectivity index (χ0) is 23.9. The molecule has 0 radical (unpaired) electrons. The minimum absolute atomic E-state index is 0.184. The number of allylic oxidation sites excluding steroid dienone is 6. The Balaban J connectivity index is 5.24. The lowest BCUT2D eigenvalue weighted by Gasteiger charge is -2.32. The van der Waals surface area contributed by atoms with Gasteiger partial charge in [-0.3, -0.25) is 0 Å². The third-order valence-electron chi connectivity index (χ3n) is 5.97. The first-order chi connectivity index (χ1) is 14.6. The largest absolute Gasteiger partial charge is 0.393 e. The smallest absolute Gasteiger partial charge is 0.132 e. The molecule has 4 N–H and O–H groups in total. The number of hydrogen-bond donors (Lipinski definition) is 4. The van der Waals surface area contributed by atoms with E-state index in [1.165, 1.54) is 0 Å². The lowest BCUT2D eigenvalue weighted by molar-refractivity contribution is -0.0994. The van der Waals surface area contributed by atoms with Crippen LogP contribution in [0.5, 0.6) is 0 Å². The van der Waals surface area contributed by atoms with Gasteiger partial charge in [-0.25, -0.2) is 0 Å². The molecule has 0 aliphatic rings. The molecule has 0 aromatic rings. The van der Waals surface area contributed by atoms with Gasteiger partial charge in [0.1, 0.15) is 11.2 Å². The van der Waals surface area contributed by atoms with Crippen molar-refractivity contribution in [2.45, 2.75) is 91.3 Å². The Morgan fingerprint density at radius 1 is 0.710 bits per heavy atom. The van der Waals surface area contributed by atoms with E-state index in [0.717, 1.165) is 49.7 Å². The van der Waals surface area contributed by atoms with Crippen LogP contribution in [0.1, 0.15) is 80.1 Å². The molecule has 5 heteroatoms. The van der Waals surface area contributed by atoms with Crippen molar-refractivity contribution in [1.82, 2.24) is 0 Å². The van der Waals surface area contributed by atoms with Gasteiger partial charge >= 0.3 is 0 Å². The van der Waals surface area contributed by atoms with E-state index in [-0.39, 0.29) is 13.2 Å². The van der Waals surface area contributed by atoms with Crippen LogP contribution < -0.4 is 0 Å². The van der Waals surface area contributed by atoms with E-state index in [1.54, 1.807) is 13.8 Å². The summed E-state index contributed by atoms with van der Waals surface area (Å²) in [5.74, 6) is 0. The standard InChI is InChI=1S/C26H46O5/c1-7-9-11-13-15-21(3)23(5)25(29,17-27)19-31-20-26(30,18-28)24(6)22(4)16-14-12-10-8-2/h13-16,27-30H,7-12,17-20H2,1-6H3. The quantitative estimate of drug-likeness (QED) is 0.209. The average molecular weight is 439 g/mol. The van der Waals surface area contributed by atoms with E-state index >= 15 is 0 Å². The van der Waals surface area contributed by atoms with Crippen LogP contribution in [-0.2, 0) is 4.74 Å². The van der Waals surface area contributed by atoms with Crippen LogP contribution in [-0.4, -0.2) is 58.1 Å². The van der Waals surface area contributed by atoms with Crippen LogP contribution in [0.15, 0.2) is 46.6 Å². The van der Waals surface area contributed by atoms with Crippen molar-refractivity contribution < 1.29 is 25.2 Å². The summed E-state index contributed by atoms with van der Waals surface area (Å²) in [7, 11) is 0. The monoisotopic (exact) mass is 438 g/mol. The van der Waals surface area contributed by atoms with E-state index in [9.17, 15) is 20.4 Å².